The first-order valence-electron chi connectivity index (χ1n) is 5.69. The van der Waals surface area contributed by atoms with Crippen LogP contribution in [0.15, 0.2) is 24.3 Å². The summed E-state index contributed by atoms with van der Waals surface area (Å²) in [5.41, 5.74) is 0. The van der Waals surface area contributed by atoms with Crippen LogP contribution in [0.3, 0.4) is 0 Å². The lowest BCUT2D eigenvalue weighted by atomic mass is 10.3. The molecular weight excluding hydrogens is 263 g/mol. The summed E-state index contributed by atoms with van der Waals surface area (Å²) in [6, 6.07) is 5.27. The Morgan fingerprint density at radius 1 is 1.00 bits per heavy atom. The predicted molar refractivity (Wildman–Crippen MR) is 63.4 cm³/mol. The summed E-state index contributed by atoms with van der Waals surface area (Å²) in [5.74, 6) is 0.223. The van der Waals surface area contributed by atoms with Crippen LogP contribution in [0.25, 0.3) is 0 Å². The molecule has 0 aromatic heterocycles. The maximum atomic E-state index is 11.9. The second kappa shape index (κ2) is 7.85. The summed E-state index contributed by atoms with van der Waals surface area (Å²) in [6.45, 7) is 2.38. The Hall–Kier alpha value is -1.47. The number of ether oxygens (including phenoxy) is 3. The van der Waals surface area contributed by atoms with Crippen LogP contribution in [0.2, 0.25) is 0 Å². The number of alkyl halides is 3. The molecule has 0 heterocycles. The van der Waals surface area contributed by atoms with E-state index in [9.17, 15) is 13.2 Å². The molecule has 0 amide bonds. The van der Waals surface area contributed by atoms with Crippen molar-refractivity contribution in [3.63, 3.8) is 0 Å². The van der Waals surface area contributed by atoms with Crippen LogP contribution in [0.1, 0.15) is 0 Å². The summed E-state index contributed by atoms with van der Waals surface area (Å²) >= 11 is 0. The van der Waals surface area contributed by atoms with Gasteiger partial charge in [0.1, 0.15) is 18.1 Å². The van der Waals surface area contributed by atoms with E-state index >= 15 is 0 Å². The number of hydrogen-bond donors (Lipinski definition) is 1. The monoisotopic (exact) mass is 279 g/mol. The van der Waals surface area contributed by atoms with Crippen molar-refractivity contribution in [1.82, 2.24) is 5.32 Å². The highest BCUT2D eigenvalue weighted by Crippen LogP contribution is 2.24. The fraction of sp³-hybridized carbons (Fsp3) is 0.500. The number of hydrogen-bond acceptors (Lipinski definition) is 4. The van der Waals surface area contributed by atoms with Crippen LogP contribution in [0.5, 0.6) is 11.5 Å². The lowest BCUT2D eigenvalue weighted by Gasteiger charge is -2.10. The minimum atomic E-state index is -4.67. The van der Waals surface area contributed by atoms with E-state index in [-0.39, 0.29) is 5.75 Å². The third-order valence-corrected chi connectivity index (χ3v) is 2.09. The van der Waals surface area contributed by atoms with Crippen molar-refractivity contribution >= 4 is 0 Å². The average Bonchev–Trinajstić information content (AvgIpc) is 2.34. The minimum absolute atomic E-state index is 0.266. The van der Waals surface area contributed by atoms with E-state index in [0.717, 1.165) is 6.54 Å². The molecule has 1 aromatic rings. The predicted octanol–water partition coefficient (Wildman–Crippen LogP) is 2.20. The van der Waals surface area contributed by atoms with Gasteiger partial charge in [-0.3, -0.25) is 0 Å². The molecule has 0 spiro atoms. The molecule has 108 valence electrons. The number of rotatable bonds is 8. The van der Waals surface area contributed by atoms with Crippen LogP contribution in [-0.2, 0) is 4.74 Å². The van der Waals surface area contributed by atoms with Crippen LogP contribution < -0.4 is 14.8 Å². The summed E-state index contributed by atoms with van der Waals surface area (Å²) in [6.07, 6.45) is -4.67. The number of nitrogens with one attached hydrogen (secondary N) is 1. The van der Waals surface area contributed by atoms with E-state index in [0.29, 0.717) is 25.5 Å². The molecule has 0 unspecified atom stereocenters. The molecule has 0 saturated heterocycles. The van der Waals surface area contributed by atoms with Crippen molar-refractivity contribution in [3.05, 3.63) is 24.3 Å². The zero-order valence-electron chi connectivity index (χ0n) is 10.5. The van der Waals surface area contributed by atoms with Crippen LogP contribution in [0.4, 0.5) is 13.2 Å². The van der Waals surface area contributed by atoms with Crippen molar-refractivity contribution < 1.29 is 27.4 Å². The molecule has 1 rings (SSSR count). The molecule has 0 aliphatic carbocycles. The standard InChI is InChI=1S/C12H16F3NO3/c1-17-8-6-16-7-9-18-10-2-4-11(5-3-10)19-12(13,14)15/h2-5,16H,6-9H2,1H3. The molecule has 1 N–H and O–H groups in total. The van der Waals surface area contributed by atoms with E-state index < -0.39 is 6.36 Å². The maximum absolute atomic E-state index is 11.9. The smallest absolute Gasteiger partial charge is 0.492 e. The quantitative estimate of drug-likeness (QED) is 0.741. The third kappa shape index (κ3) is 7.53. The zero-order valence-corrected chi connectivity index (χ0v) is 10.5. The summed E-state index contributed by atoms with van der Waals surface area (Å²) in [4.78, 5) is 0. The van der Waals surface area contributed by atoms with Gasteiger partial charge in [-0.2, -0.15) is 0 Å². The first-order chi connectivity index (χ1) is 9.01. The molecular formula is C12H16F3NO3. The number of halogens is 3. The van der Waals surface area contributed by atoms with Crippen molar-refractivity contribution in [3.8, 4) is 11.5 Å². The van der Waals surface area contributed by atoms with E-state index in [2.05, 4.69) is 10.1 Å². The van der Waals surface area contributed by atoms with Crippen LogP contribution >= 0.6 is 0 Å². The first kappa shape index (κ1) is 15.6. The second-order valence-corrected chi connectivity index (χ2v) is 3.61. The van der Waals surface area contributed by atoms with Gasteiger partial charge in [-0.1, -0.05) is 0 Å². The van der Waals surface area contributed by atoms with Gasteiger partial charge in [0.25, 0.3) is 0 Å². The normalized spacial score (nSPS) is 11.4. The molecule has 7 heteroatoms. The first-order valence-corrected chi connectivity index (χ1v) is 5.69. The highest BCUT2D eigenvalue weighted by atomic mass is 19.4. The second-order valence-electron chi connectivity index (χ2n) is 3.61. The lowest BCUT2D eigenvalue weighted by molar-refractivity contribution is -0.274. The van der Waals surface area contributed by atoms with Gasteiger partial charge in [0.05, 0.1) is 6.61 Å². The molecule has 0 radical (unpaired) electrons. The van der Waals surface area contributed by atoms with E-state index in [1.165, 1.54) is 24.3 Å². The molecule has 0 bridgehead atoms. The Kier molecular flexibility index (Phi) is 6.44. The summed E-state index contributed by atoms with van der Waals surface area (Å²) in [5, 5.41) is 3.08. The van der Waals surface area contributed by atoms with Gasteiger partial charge in [-0.15, -0.1) is 13.2 Å². The average molecular weight is 279 g/mol. The SMILES string of the molecule is COCCNCCOc1ccc(OC(F)(F)F)cc1. The maximum Gasteiger partial charge on any atom is 0.573 e. The summed E-state index contributed by atoms with van der Waals surface area (Å²) in [7, 11) is 1.61. The van der Waals surface area contributed by atoms with Gasteiger partial charge in [-0.25, -0.2) is 0 Å². The Labute approximate surface area is 109 Å². The molecule has 0 saturated carbocycles. The van der Waals surface area contributed by atoms with E-state index in [1.54, 1.807) is 7.11 Å². The van der Waals surface area contributed by atoms with Gasteiger partial charge < -0.3 is 19.5 Å². The molecule has 0 fully saturated rings. The van der Waals surface area contributed by atoms with Crippen LogP contribution in [-0.4, -0.2) is 39.8 Å². The Balaban J connectivity index is 2.25. The molecule has 0 atom stereocenters. The van der Waals surface area contributed by atoms with Gasteiger partial charge in [0.15, 0.2) is 0 Å². The van der Waals surface area contributed by atoms with Gasteiger partial charge >= 0.3 is 6.36 Å². The summed E-state index contributed by atoms with van der Waals surface area (Å²) < 4.78 is 49.7. The largest absolute Gasteiger partial charge is 0.573 e. The highest BCUT2D eigenvalue weighted by molar-refractivity contribution is 5.31. The van der Waals surface area contributed by atoms with E-state index in [1.807, 2.05) is 0 Å². The third-order valence-electron chi connectivity index (χ3n) is 2.09. The minimum Gasteiger partial charge on any atom is -0.492 e. The molecule has 19 heavy (non-hydrogen) atoms. The fourth-order valence-electron chi connectivity index (χ4n) is 1.28. The van der Waals surface area contributed by atoms with Crippen molar-refractivity contribution in [1.29, 1.82) is 0 Å². The van der Waals surface area contributed by atoms with E-state index in [4.69, 9.17) is 9.47 Å². The zero-order chi connectivity index (χ0) is 14.1. The highest BCUT2D eigenvalue weighted by Gasteiger charge is 2.30. The molecule has 0 aliphatic heterocycles. The van der Waals surface area contributed by atoms with Gasteiger partial charge in [0.2, 0.25) is 0 Å². The fourth-order valence-corrected chi connectivity index (χ4v) is 1.28. The van der Waals surface area contributed by atoms with Crippen molar-refractivity contribution in [2.75, 3.05) is 33.4 Å². The molecule has 1 aromatic carbocycles. The number of methoxy groups -OCH3 is 1. The van der Waals surface area contributed by atoms with Gasteiger partial charge in [-0.05, 0) is 24.3 Å². The van der Waals surface area contributed by atoms with Crippen LogP contribution in [0, 0.1) is 0 Å². The lowest BCUT2D eigenvalue weighted by Crippen LogP contribution is -2.24. The van der Waals surface area contributed by atoms with Gasteiger partial charge in [0, 0.05) is 20.2 Å². The van der Waals surface area contributed by atoms with Crippen molar-refractivity contribution in [2.45, 2.75) is 6.36 Å². The molecule has 0 aliphatic rings. The molecule has 4 nitrogen and oxygen atoms in total. The Morgan fingerprint density at radius 3 is 2.16 bits per heavy atom. The topological polar surface area (TPSA) is 39.7 Å². The number of benzene rings is 1. The van der Waals surface area contributed by atoms with Crippen molar-refractivity contribution in [2.24, 2.45) is 0 Å². The Morgan fingerprint density at radius 2 is 1.58 bits per heavy atom. The Bertz CT molecular complexity index is 354.